The molecule has 116 valence electrons. The average molecular weight is 314 g/mol. The first-order valence-electron chi connectivity index (χ1n) is 7.95. The van der Waals surface area contributed by atoms with Crippen molar-refractivity contribution in [2.45, 2.75) is 13.3 Å². The molecule has 0 amide bonds. The molecule has 4 aromatic rings. The number of rotatable bonds is 1. The predicted octanol–water partition coefficient (Wildman–Crippen LogP) is 5.46. The Labute approximate surface area is 138 Å². The van der Waals surface area contributed by atoms with Gasteiger partial charge in [0.1, 0.15) is 22.7 Å². The van der Waals surface area contributed by atoms with Gasteiger partial charge in [-0.25, -0.2) is 0 Å². The molecule has 5 rings (SSSR count). The first kappa shape index (κ1) is 13.4. The normalized spacial score (nSPS) is 13.0. The van der Waals surface area contributed by atoms with E-state index in [4.69, 9.17) is 8.83 Å². The zero-order valence-electron chi connectivity index (χ0n) is 13.1. The van der Waals surface area contributed by atoms with Crippen molar-refractivity contribution in [2.24, 2.45) is 0 Å². The van der Waals surface area contributed by atoms with Gasteiger partial charge in [-0.2, -0.15) is 0 Å². The molecule has 3 nitrogen and oxygen atoms in total. The van der Waals surface area contributed by atoms with Crippen molar-refractivity contribution in [1.29, 1.82) is 0 Å². The van der Waals surface area contributed by atoms with Crippen molar-refractivity contribution in [3.05, 3.63) is 70.7 Å². The Balaban J connectivity index is 1.75. The predicted molar refractivity (Wildman–Crippen MR) is 94.2 cm³/mol. The SMILES string of the molecule is CC(=O)c1ccc2oc3c(c2c1)C=Cc1oc2ccccc2c1C3. The summed E-state index contributed by atoms with van der Waals surface area (Å²) in [6.07, 6.45) is 4.70. The molecule has 2 heterocycles. The van der Waals surface area contributed by atoms with Crippen molar-refractivity contribution >= 4 is 39.9 Å². The van der Waals surface area contributed by atoms with Crippen molar-refractivity contribution < 1.29 is 13.6 Å². The molecule has 0 saturated carbocycles. The minimum atomic E-state index is 0.0577. The third kappa shape index (κ3) is 1.81. The highest BCUT2D eigenvalue weighted by atomic mass is 16.3. The van der Waals surface area contributed by atoms with Gasteiger partial charge in [0, 0.05) is 33.9 Å². The highest BCUT2D eigenvalue weighted by Gasteiger charge is 2.21. The van der Waals surface area contributed by atoms with Gasteiger partial charge in [0.05, 0.1) is 0 Å². The van der Waals surface area contributed by atoms with Gasteiger partial charge in [0.25, 0.3) is 0 Å². The van der Waals surface area contributed by atoms with E-state index in [1.54, 1.807) is 6.92 Å². The van der Waals surface area contributed by atoms with Crippen LogP contribution in [0.4, 0.5) is 0 Å². The van der Waals surface area contributed by atoms with Gasteiger partial charge in [-0.15, -0.1) is 0 Å². The lowest BCUT2D eigenvalue weighted by molar-refractivity contribution is 0.101. The number of fused-ring (bicyclic) bond motifs is 6. The fourth-order valence-electron chi connectivity index (χ4n) is 3.45. The van der Waals surface area contributed by atoms with Crippen molar-refractivity contribution in [1.82, 2.24) is 0 Å². The molecule has 24 heavy (non-hydrogen) atoms. The quantitative estimate of drug-likeness (QED) is 0.386. The van der Waals surface area contributed by atoms with Gasteiger partial charge in [-0.05, 0) is 43.3 Å². The van der Waals surface area contributed by atoms with Gasteiger partial charge in [0.2, 0.25) is 0 Å². The molecule has 1 aliphatic carbocycles. The molecule has 0 aliphatic heterocycles. The van der Waals surface area contributed by atoms with Crippen LogP contribution in [-0.2, 0) is 6.42 Å². The molecule has 0 atom stereocenters. The molecule has 0 spiro atoms. The largest absolute Gasteiger partial charge is 0.460 e. The van der Waals surface area contributed by atoms with E-state index in [2.05, 4.69) is 6.07 Å². The van der Waals surface area contributed by atoms with Crippen LogP contribution in [0.15, 0.2) is 51.3 Å². The Morgan fingerprint density at radius 3 is 2.67 bits per heavy atom. The molecule has 2 aromatic carbocycles. The smallest absolute Gasteiger partial charge is 0.159 e. The molecule has 3 heteroatoms. The maximum absolute atomic E-state index is 11.7. The molecule has 2 aromatic heterocycles. The number of hydrogen-bond donors (Lipinski definition) is 0. The minimum Gasteiger partial charge on any atom is -0.460 e. The van der Waals surface area contributed by atoms with Crippen LogP contribution in [0.5, 0.6) is 0 Å². The number of benzene rings is 2. The maximum atomic E-state index is 11.7. The fourth-order valence-corrected chi connectivity index (χ4v) is 3.45. The Morgan fingerprint density at radius 2 is 1.79 bits per heavy atom. The van der Waals surface area contributed by atoms with E-state index < -0.39 is 0 Å². The summed E-state index contributed by atoms with van der Waals surface area (Å²) < 4.78 is 12.0. The van der Waals surface area contributed by atoms with E-state index in [-0.39, 0.29) is 5.78 Å². The molecule has 0 radical (unpaired) electrons. The number of carbonyl (C=O) groups excluding carboxylic acids is 1. The lowest BCUT2D eigenvalue weighted by Crippen LogP contribution is -1.90. The van der Waals surface area contributed by atoms with Crippen LogP contribution in [0.25, 0.3) is 34.1 Å². The Hall–Kier alpha value is -3.07. The number of ketones is 1. The zero-order chi connectivity index (χ0) is 16.3. The summed E-state index contributed by atoms with van der Waals surface area (Å²) in [6.45, 7) is 1.58. The third-order valence-corrected chi connectivity index (χ3v) is 4.68. The molecule has 0 fully saturated rings. The summed E-state index contributed by atoms with van der Waals surface area (Å²) in [5.41, 5.74) is 4.58. The van der Waals surface area contributed by atoms with E-state index in [9.17, 15) is 4.79 Å². The Morgan fingerprint density at radius 1 is 0.958 bits per heavy atom. The van der Waals surface area contributed by atoms with Crippen LogP contribution < -0.4 is 0 Å². The summed E-state index contributed by atoms with van der Waals surface area (Å²) in [7, 11) is 0. The lowest BCUT2D eigenvalue weighted by atomic mass is 10.0. The maximum Gasteiger partial charge on any atom is 0.159 e. The molecule has 0 saturated heterocycles. The molecule has 0 bridgehead atoms. The molecule has 0 N–H and O–H groups in total. The third-order valence-electron chi connectivity index (χ3n) is 4.68. The Bertz CT molecular complexity index is 1150. The number of furan rings is 2. The molecule has 1 aliphatic rings. The van der Waals surface area contributed by atoms with Crippen LogP contribution >= 0.6 is 0 Å². The zero-order valence-corrected chi connectivity index (χ0v) is 13.1. The highest BCUT2D eigenvalue weighted by molar-refractivity contribution is 6.01. The lowest BCUT2D eigenvalue weighted by Gasteiger charge is -1.96. The summed E-state index contributed by atoms with van der Waals surface area (Å²) in [5, 5.41) is 2.10. The summed E-state index contributed by atoms with van der Waals surface area (Å²) >= 11 is 0. The van der Waals surface area contributed by atoms with E-state index in [0.29, 0.717) is 12.0 Å². The summed E-state index contributed by atoms with van der Waals surface area (Å²) in [4.78, 5) is 11.7. The summed E-state index contributed by atoms with van der Waals surface area (Å²) in [6, 6.07) is 13.7. The van der Waals surface area contributed by atoms with Crippen molar-refractivity contribution in [2.75, 3.05) is 0 Å². The van der Waals surface area contributed by atoms with Gasteiger partial charge >= 0.3 is 0 Å². The summed E-state index contributed by atoms with van der Waals surface area (Å²) in [5.74, 6) is 1.84. The topological polar surface area (TPSA) is 43.4 Å². The molecule has 0 unspecified atom stereocenters. The highest BCUT2D eigenvalue weighted by Crippen LogP contribution is 2.37. The van der Waals surface area contributed by atoms with E-state index in [1.165, 1.54) is 0 Å². The molecular weight excluding hydrogens is 300 g/mol. The van der Waals surface area contributed by atoms with Crippen LogP contribution in [0.3, 0.4) is 0 Å². The van der Waals surface area contributed by atoms with Crippen LogP contribution in [0, 0.1) is 0 Å². The van der Waals surface area contributed by atoms with Crippen LogP contribution in [-0.4, -0.2) is 5.78 Å². The van der Waals surface area contributed by atoms with Crippen LogP contribution in [0.1, 0.15) is 39.9 Å². The van der Waals surface area contributed by atoms with E-state index in [0.717, 1.165) is 44.6 Å². The number of Topliss-reactive ketones (excluding diaryl/α,β-unsaturated/α-hetero) is 1. The number of carbonyl (C=O) groups is 1. The van der Waals surface area contributed by atoms with Gasteiger partial charge < -0.3 is 8.83 Å². The minimum absolute atomic E-state index is 0.0577. The Kier molecular flexibility index (Phi) is 2.63. The first-order valence-corrected chi connectivity index (χ1v) is 7.95. The second kappa shape index (κ2) is 4.71. The first-order chi connectivity index (χ1) is 11.7. The van der Waals surface area contributed by atoms with Gasteiger partial charge in [0.15, 0.2) is 5.78 Å². The van der Waals surface area contributed by atoms with Gasteiger partial charge in [-0.3, -0.25) is 4.79 Å². The standard InChI is InChI=1S/C21H14O3/c1-12(22)13-6-8-19-16(10-13)15-7-9-20-17(11-21(15)24-19)14-4-2-3-5-18(14)23-20/h2-10H,11H2,1H3. The van der Waals surface area contributed by atoms with Gasteiger partial charge in [-0.1, -0.05) is 18.2 Å². The monoisotopic (exact) mass is 314 g/mol. The van der Waals surface area contributed by atoms with Crippen molar-refractivity contribution in [3.63, 3.8) is 0 Å². The second-order valence-corrected chi connectivity index (χ2v) is 6.16. The van der Waals surface area contributed by atoms with E-state index >= 15 is 0 Å². The van der Waals surface area contributed by atoms with E-state index in [1.807, 2.05) is 48.6 Å². The fraction of sp³-hybridized carbons (Fsp3) is 0.0952. The van der Waals surface area contributed by atoms with Crippen molar-refractivity contribution in [3.8, 4) is 0 Å². The number of para-hydroxylation sites is 1. The number of hydrogen-bond acceptors (Lipinski definition) is 3. The van der Waals surface area contributed by atoms with Crippen LogP contribution in [0.2, 0.25) is 0 Å². The molecular formula is C21H14O3. The average Bonchev–Trinajstić information content (AvgIpc) is 3.05. The second-order valence-electron chi connectivity index (χ2n) is 6.16.